The first-order chi connectivity index (χ1) is 9.31. The number of rotatable bonds is 1. The maximum atomic E-state index is 12.7. The summed E-state index contributed by atoms with van der Waals surface area (Å²) < 4.78 is 0. The van der Waals surface area contributed by atoms with Gasteiger partial charge in [0.1, 0.15) is 0 Å². The molecule has 0 spiro atoms. The average Bonchev–Trinajstić information content (AvgIpc) is 3.08. The molecule has 3 heterocycles. The van der Waals surface area contributed by atoms with Crippen LogP contribution in [0.25, 0.3) is 0 Å². The van der Waals surface area contributed by atoms with E-state index in [0.29, 0.717) is 18.0 Å². The smallest absolute Gasteiger partial charge is 0.227 e. The van der Waals surface area contributed by atoms with Gasteiger partial charge in [-0.3, -0.25) is 4.79 Å². The molecule has 3 atom stereocenters. The zero-order valence-corrected chi connectivity index (χ0v) is 11.1. The zero-order valence-electron chi connectivity index (χ0n) is 11.1. The summed E-state index contributed by atoms with van der Waals surface area (Å²) in [5.74, 6) is 0.623. The van der Waals surface area contributed by atoms with E-state index in [9.17, 15) is 4.79 Å². The summed E-state index contributed by atoms with van der Waals surface area (Å²) in [7, 11) is 0. The summed E-state index contributed by atoms with van der Waals surface area (Å²) in [5, 5.41) is 3.57. The third-order valence-corrected chi connectivity index (χ3v) is 5.06. The Kier molecular flexibility index (Phi) is 2.62. The van der Waals surface area contributed by atoms with E-state index in [1.54, 1.807) is 0 Å². The summed E-state index contributed by atoms with van der Waals surface area (Å²) in [5.41, 5.74) is 2.75. The van der Waals surface area contributed by atoms with Crippen molar-refractivity contribution in [2.24, 2.45) is 5.92 Å². The molecular weight excluding hydrogens is 236 g/mol. The van der Waals surface area contributed by atoms with Gasteiger partial charge in [-0.05, 0) is 36.8 Å². The molecule has 1 N–H and O–H groups in total. The van der Waals surface area contributed by atoms with Gasteiger partial charge in [0, 0.05) is 25.2 Å². The Labute approximate surface area is 114 Å². The molecule has 100 valence electrons. The minimum atomic E-state index is 0.240. The average molecular weight is 256 g/mol. The highest BCUT2D eigenvalue weighted by atomic mass is 16.2. The summed E-state index contributed by atoms with van der Waals surface area (Å²) in [6.07, 6.45) is 4.51. The van der Waals surface area contributed by atoms with Crippen molar-refractivity contribution in [1.82, 2.24) is 10.2 Å². The molecular formula is C16H20N2O. The Morgan fingerprint density at radius 3 is 2.79 bits per heavy atom. The molecule has 3 aliphatic heterocycles. The number of nitrogens with zero attached hydrogens (tertiary/aromatic N) is 1. The molecule has 3 nitrogen and oxygen atoms in total. The Morgan fingerprint density at radius 1 is 1.21 bits per heavy atom. The maximum Gasteiger partial charge on any atom is 0.227 e. The molecule has 2 bridgehead atoms. The van der Waals surface area contributed by atoms with Crippen molar-refractivity contribution >= 4 is 5.91 Å². The van der Waals surface area contributed by atoms with Gasteiger partial charge in [-0.25, -0.2) is 0 Å². The molecule has 3 unspecified atom stereocenters. The van der Waals surface area contributed by atoms with Crippen LogP contribution in [0.15, 0.2) is 24.3 Å². The number of carbonyl (C=O) groups excluding carboxylic acids is 1. The predicted octanol–water partition coefficient (Wildman–Crippen LogP) is 1.71. The van der Waals surface area contributed by atoms with Gasteiger partial charge in [-0.15, -0.1) is 0 Å². The van der Waals surface area contributed by atoms with Gasteiger partial charge in [0.2, 0.25) is 5.91 Å². The monoisotopic (exact) mass is 256 g/mol. The van der Waals surface area contributed by atoms with E-state index in [2.05, 4.69) is 34.5 Å². The number of carbonyl (C=O) groups is 1. The van der Waals surface area contributed by atoms with E-state index in [4.69, 9.17) is 0 Å². The van der Waals surface area contributed by atoms with E-state index in [1.807, 2.05) is 0 Å². The fourth-order valence-electron chi connectivity index (χ4n) is 4.02. The van der Waals surface area contributed by atoms with Crippen LogP contribution in [0.3, 0.4) is 0 Å². The number of nitrogens with one attached hydrogen (secondary N) is 1. The lowest BCUT2D eigenvalue weighted by Crippen LogP contribution is -2.43. The first kappa shape index (κ1) is 11.5. The van der Waals surface area contributed by atoms with Crippen LogP contribution in [0.4, 0.5) is 0 Å². The molecule has 2 fully saturated rings. The SMILES string of the molecule is O=C(C1CC2CCC1N2)N1CCc2ccccc2C1. The highest BCUT2D eigenvalue weighted by Gasteiger charge is 2.44. The van der Waals surface area contributed by atoms with Crippen LogP contribution in [0.2, 0.25) is 0 Å². The van der Waals surface area contributed by atoms with Crippen LogP contribution in [-0.4, -0.2) is 29.4 Å². The van der Waals surface area contributed by atoms with Crippen molar-refractivity contribution in [2.75, 3.05) is 6.54 Å². The van der Waals surface area contributed by atoms with Gasteiger partial charge in [-0.2, -0.15) is 0 Å². The summed E-state index contributed by atoms with van der Waals surface area (Å²) >= 11 is 0. The van der Waals surface area contributed by atoms with Crippen LogP contribution in [0.1, 0.15) is 30.4 Å². The normalized spacial score (nSPS) is 32.4. The first-order valence-corrected chi connectivity index (χ1v) is 7.43. The number of hydrogen-bond donors (Lipinski definition) is 1. The second kappa shape index (κ2) is 4.34. The highest BCUT2D eigenvalue weighted by molar-refractivity contribution is 5.80. The minimum Gasteiger partial charge on any atom is -0.338 e. The molecule has 19 heavy (non-hydrogen) atoms. The van der Waals surface area contributed by atoms with Crippen LogP contribution < -0.4 is 5.32 Å². The molecule has 0 radical (unpaired) electrons. The van der Waals surface area contributed by atoms with E-state index in [1.165, 1.54) is 24.0 Å². The number of fused-ring (bicyclic) bond motifs is 3. The van der Waals surface area contributed by atoms with Crippen LogP contribution in [0.5, 0.6) is 0 Å². The van der Waals surface area contributed by atoms with E-state index < -0.39 is 0 Å². The van der Waals surface area contributed by atoms with Crippen molar-refractivity contribution in [3.8, 4) is 0 Å². The van der Waals surface area contributed by atoms with Crippen molar-refractivity contribution in [3.63, 3.8) is 0 Å². The molecule has 0 saturated carbocycles. The quantitative estimate of drug-likeness (QED) is 0.829. The van der Waals surface area contributed by atoms with Gasteiger partial charge in [0.25, 0.3) is 0 Å². The summed E-state index contributed by atoms with van der Waals surface area (Å²) in [6.45, 7) is 1.70. The maximum absolute atomic E-state index is 12.7. The van der Waals surface area contributed by atoms with Gasteiger partial charge < -0.3 is 10.2 Å². The number of hydrogen-bond acceptors (Lipinski definition) is 2. The molecule has 3 heteroatoms. The van der Waals surface area contributed by atoms with Gasteiger partial charge in [0.05, 0.1) is 5.92 Å². The molecule has 1 amide bonds. The van der Waals surface area contributed by atoms with E-state index >= 15 is 0 Å². The van der Waals surface area contributed by atoms with Gasteiger partial charge >= 0.3 is 0 Å². The summed E-state index contributed by atoms with van der Waals surface area (Å²) in [4.78, 5) is 14.8. The molecule has 1 aromatic rings. The highest BCUT2D eigenvalue weighted by Crippen LogP contribution is 2.35. The van der Waals surface area contributed by atoms with Crippen LogP contribution >= 0.6 is 0 Å². The molecule has 1 aromatic carbocycles. The molecule has 0 aliphatic carbocycles. The largest absolute Gasteiger partial charge is 0.338 e. The van der Waals surface area contributed by atoms with Gasteiger partial charge in [-0.1, -0.05) is 24.3 Å². The lowest BCUT2D eigenvalue weighted by atomic mass is 9.87. The summed E-state index contributed by atoms with van der Waals surface area (Å²) in [6, 6.07) is 9.58. The lowest BCUT2D eigenvalue weighted by molar-refractivity contribution is -0.137. The molecule has 0 aromatic heterocycles. The van der Waals surface area contributed by atoms with E-state index in [0.717, 1.165) is 25.9 Å². The van der Waals surface area contributed by atoms with Crippen LogP contribution in [-0.2, 0) is 17.8 Å². The second-order valence-electron chi connectivity index (χ2n) is 6.17. The van der Waals surface area contributed by atoms with Crippen LogP contribution in [0, 0.1) is 5.92 Å². The van der Waals surface area contributed by atoms with Crippen molar-refractivity contribution in [3.05, 3.63) is 35.4 Å². The predicted molar refractivity (Wildman–Crippen MR) is 73.6 cm³/mol. The van der Waals surface area contributed by atoms with Crippen molar-refractivity contribution in [2.45, 2.75) is 44.3 Å². The lowest BCUT2D eigenvalue weighted by Gasteiger charge is -2.32. The van der Waals surface area contributed by atoms with E-state index in [-0.39, 0.29) is 5.92 Å². The van der Waals surface area contributed by atoms with Crippen molar-refractivity contribution in [1.29, 1.82) is 0 Å². The Hall–Kier alpha value is -1.35. The Balaban J connectivity index is 1.50. The third kappa shape index (κ3) is 1.88. The second-order valence-corrected chi connectivity index (χ2v) is 6.17. The van der Waals surface area contributed by atoms with Gasteiger partial charge in [0.15, 0.2) is 0 Å². The number of amides is 1. The Morgan fingerprint density at radius 2 is 2.05 bits per heavy atom. The van der Waals surface area contributed by atoms with Crippen molar-refractivity contribution < 1.29 is 4.79 Å². The third-order valence-electron chi connectivity index (χ3n) is 5.06. The zero-order chi connectivity index (χ0) is 12.8. The fourth-order valence-corrected chi connectivity index (χ4v) is 4.02. The number of benzene rings is 1. The topological polar surface area (TPSA) is 32.3 Å². The molecule has 3 aliphatic rings. The molecule has 4 rings (SSSR count). The minimum absolute atomic E-state index is 0.240. The standard InChI is InChI=1S/C16H20N2O/c19-16(14-9-13-5-6-15(14)17-13)18-8-7-11-3-1-2-4-12(11)10-18/h1-4,13-15,17H,5-10H2. The first-order valence-electron chi connectivity index (χ1n) is 7.43. The Bertz CT molecular complexity index is 513. The fraction of sp³-hybridized carbons (Fsp3) is 0.562. The molecule has 2 saturated heterocycles.